The van der Waals surface area contributed by atoms with E-state index >= 15 is 0 Å². The van der Waals surface area contributed by atoms with E-state index < -0.39 is 25.5 Å². The van der Waals surface area contributed by atoms with Gasteiger partial charge in [-0.2, -0.15) is 0 Å². The van der Waals surface area contributed by atoms with Crippen LogP contribution in [0.5, 0.6) is 0 Å². The molecule has 0 amide bonds. The van der Waals surface area contributed by atoms with E-state index in [0.29, 0.717) is 0 Å². The number of carbonyl (C=O) groups is 2. The van der Waals surface area contributed by atoms with Gasteiger partial charge in [0.25, 0.3) is 0 Å². The largest absolute Gasteiger partial charge is 0.478 e. The van der Waals surface area contributed by atoms with E-state index in [1.807, 2.05) is 0 Å². The molecule has 6 nitrogen and oxygen atoms in total. The van der Waals surface area contributed by atoms with Crippen molar-refractivity contribution < 1.29 is 29.3 Å². The minimum absolute atomic E-state index is 0.237. The standard InChI is InChI=1S/C8H7O6P/c9-7(10)4-1-2-6(15(13)14)5(3-4)8(11)12/h1-3,15H,(H,9,10)(H,11,12)(H,13,14). The molecule has 1 aromatic rings. The first-order valence-electron chi connectivity index (χ1n) is 3.77. The molecular formula is C8H7O6P. The molecule has 0 spiro atoms. The summed E-state index contributed by atoms with van der Waals surface area (Å²) in [5, 5.41) is 17.0. The van der Waals surface area contributed by atoms with E-state index in [1.54, 1.807) is 0 Å². The maximum Gasteiger partial charge on any atom is 0.336 e. The molecule has 0 saturated heterocycles. The van der Waals surface area contributed by atoms with Gasteiger partial charge in [-0.25, -0.2) is 9.59 Å². The third-order valence-electron chi connectivity index (χ3n) is 1.73. The highest BCUT2D eigenvalue weighted by Gasteiger charge is 2.16. The van der Waals surface area contributed by atoms with Crippen molar-refractivity contribution in [1.82, 2.24) is 0 Å². The maximum atomic E-state index is 10.8. The molecule has 1 unspecified atom stereocenters. The summed E-state index contributed by atoms with van der Waals surface area (Å²) in [4.78, 5) is 30.0. The number of benzene rings is 1. The molecule has 0 aliphatic heterocycles. The highest BCUT2D eigenvalue weighted by molar-refractivity contribution is 7.47. The van der Waals surface area contributed by atoms with Gasteiger partial charge in [-0.3, -0.25) is 4.57 Å². The molecule has 0 aliphatic carbocycles. The minimum Gasteiger partial charge on any atom is -0.478 e. The molecule has 80 valence electrons. The average Bonchev–Trinajstić information content (AvgIpc) is 2.16. The first-order valence-corrected chi connectivity index (χ1v) is 5.13. The lowest BCUT2D eigenvalue weighted by Gasteiger charge is -2.03. The van der Waals surface area contributed by atoms with Crippen LogP contribution in [-0.2, 0) is 4.57 Å². The normalized spacial score (nSPS) is 12.1. The van der Waals surface area contributed by atoms with Crippen LogP contribution in [0.1, 0.15) is 20.7 Å². The summed E-state index contributed by atoms with van der Waals surface area (Å²) in [6.45, 7) is 0. The van der Waals surface area contributed by atoms with E-state index in [-0.39, 0.29) is 10.9 Å². The molecule has 0 heterocycles. The van der Waals surface area contributed by atoms with Crippen LogP contribution in [0, 0.1) is 0 Å². The van der Waals surface area contributed by atoms with Crippen LogP contribution in [0.15, 0.2) is 18.2 Å². The zero-order valence-corrected chi connectivity index (χ0v) is 8.30. The number of rotatable bonds is 3. The van der Waals surface area contributed by atoms with E-state index in [0.717, 1.165) is 18.2 Å². The predicted octanol–water partition coefficient (Wildman–Crippen LogP) is 0.175. The summed E-state index contributed by atoms with van der Waals surface area (Å²) >= 11 is 0. The van der Waals surface area contributed by atoms with E-state index in [1.165, 1.54) is 0 Å². The number of hydrogen-bond donors (Lipinski definition) is 3. The average molecular weight is 230 g/mol. The molecule has 0 fully saturated rings. The van der Waals surface area contributed by atoms with Gasteiger partial charge in [-0.1, -0.05) is 0 Å². The monoisotopic (exact) mass is 230 g/mol. The summed E-state index contributed by atoms with van der Waals surface area (Å²) in [5.74, 6) is -2.72. The quantitative estimate of drug-likeness (QED) is 0.638. The van der Waals surface area contributed by atoms with Gasteiger partial charge in [0, 0.05) is 5.30 Å². The van der Waals surface area contributed by atoms with Crippen molar-refractivity contribution in [3.63, 3.8) is 0 Å². The summed E-state index contributed by atoms with van der Waals surface area (Å²) in [7, 11) is -3.15. The van der Waals surface area contributed by atoms with Crippen LogP contribution in [0.2, 0.25) is 0 Å². The second kappa shape index (κ2) is 4.25. The molecule has 1 rings (SSSR count). The second-order valence-corrected chi connectivity index (χ2v) is 3.82. The fourth-order valence-corrected chi connectivity index (χ4v) is 1.68. The molecular weight excluding hydrogens is 223 g/mol. The Morgan fingerprint density at radius 3 is 2.13 bits per heavy atom. The van der Waals surface area contributed by atoms with Gasteiger partial charge in [-0.05, 0) is 18.2 Å². The van der Waals surface area contributed by atoms with Crippen LogP contribution in [0.4, 0.5) is 0 Å². The smallest absolute Gasteiger partial charge is 0.336 e. The topological polar surface area (TPSA) is 112 Å². The van der Waals surface area contributed by atoms with Crippen molar-refractivity contribution in [2.75, 3.05) is 0 Å². The third-order valence-corrected chi connectivity index (χ3v) is 2.62. The first-order chi connectivity index (χ1) is 6.93. The van der Waals surface area contributed by atoms with Gasteiger partial charge in [0.1, 0.15) is 0 Å². The van der Waals surface area contributed by atoms with Gasteiger partial charge in [0.05, 0.1) is 11.1 Å². The van der Waals surface area contributed by atoms with Crippen molar-refractivity contribution >= 4 is 25.3 Å². The van der Waals surface area contributed by atoms with Crippen molar-refractivity contribution in [2.45, 2.75) is 0 Å². The molecule has 0 aliphatic rings. The van der Waals surface area contributed by atoms with Crippen molar-refractivity contribution in [2.24, 2.45) is 0 Å². The molecule has 0 aromatic heterocycles. The number of carboxylic acids is 2. The molecule has 7 heteroatoms. The Bertz CT molecular complexity index is 452. The Balaban J connectivity index is 3.40. The summed E-state index contributed by atoms with van der Waals surface area (Å²) in [6.07, 6.45) is 0. The Labute approximate surface area is 84.7 Å². The molecule has 0 bridgehead atoms. The van der Waals surface area contributed by atoms with E-state index in [9.17, 15) is 14.2 Å². The Morgan fingerprint density at radius 1 is 1.13 bits per heavy atom. The molecule has 15 heavy (non-hydrogen) atoms. The maximum absolute atomic E-state index is 10.8. The summed E-state index contributed by atoms with van der Waals surface area (Å²) in [5.41, 5.74) is -0.694. The van der Waals surface area contributed by atoms with Crippen LogP contribution in [-0.4, -0.2) is 27.0 Å². The van der Waals surface area contributed by atoms with Gasteiger partial charge in [0.2, 0.25) is 8.03 Å². The Hall–Kier alpha value is -1.65. The number of hydrogen-bond acceptors (Lipinski definition) is 3. The zero-order chi connectivity index (χ0) is 11.6. The second-order valence-electron chi connectivity index (χ2n) is 2.68. The van der Waals surface area contributed by atoms with Crippen LogP contribution >= 0.6 is 8.03 Å². The molecule has 0 saturated carbocycles. The minimum atomic E-state index is -3.15. The SMILES string of the molecule is O=C(O)c1ccc([PH](=O)O)c(C(=O)O)c1. The van der Waals surface area contributed by atoms with Crippen LogP contribution in [0.25, 0.3) is 0 Å². The predicted molar refractivity (Wildman–Crippen MR) is 51.2 cm³/mol. The van der Waals surface area contributed by atoms with Gasteiger partial charge >= 0.3 is 11.9 Å². The summed E-state index contributed by atoms with van der Waals surface area (Å²) < 4.78 is 10.8. The Kier molecular flexibility index (Phi) is 3.24. The first kappa shape index (κ1) is 11.4. The lowest BCUT2D eigenvalue weighted by molar-refractivity contribution is 0.0696. The van der Waals surface area contributed by atoms with Crippen molar-refractivity contribution in [3.05, 3.63) is 29.3 Å². The number of carboxylic acid groups (broad SMARTS) is 2. The Morgan fingerprint density at radius 2 is 1.73 bits per heavy atom. The van der Waals surface area contributed by atoms with Crippen molar-refractivity contribution in [3.8, 4) is 0 Å². The van der Waals surface area contributed by atoms with E-state index in [4.69, 9.17) is 15.1 Å². The van der Waals surface area contributed by atoms with Gasteiger partial charge < -0.3 is 15.1 Å². The molecule has 3 N–H and O–H groups in total. The summed E-state index contributed by atoms with van der Waals surface area (Å²) in [6, 6.07) is 2.98. The molecule has 0 radical (unpaired) electrons. The highest BCUT2D eigenvalue weighted by atomic mass is 31.1. The van der Waals surface area contributed by atoms with Gasteiger partial charge in [-0.15, -0.1) is 0 Å². The molecule has 1 aromatic carbocycles. The fraction of sp³-hybridized carbons (Fsp3) is 0. The van der Waals surface area contributed by atoms with Crippen molar-refractivity contribution in [1.29, 1.82) is 0 Å². The van der Waals surface area contributed by atoms with Crippen LogP contribution < -0.4 is 5.30 Å². The lowest BCUT2D eigenvalue weighted by atomic mass is 10.1. The lowest BCUT2D eigenvalue weighted by Crippen LogP contribution is -2.13. The van der Waals surface area contributed by atoms with Crippen LogP contribution in [0.3, 0.4) is 0 Å². The van der Waals surface area contributed by atoms with E-state index in [2.05, 4.69) is 0 Å². The number of aromatic carboxylic acids is 2. The third kappa shape index (κ3) is 2.43. The fourth-order valence-electron chi connectivity index (χ4n) is 1.04. The molecule has 1 atom stereocenters. The van der Waals surface area contributed by atoms with Gasteiger partial charge in [0.15, 0.2) is 0 Å². The zero-order valence-electron chi connectivity index (χ0n) is 7.30. The highest BCUT2D eigenvalue weighted by Crippen LogP contribution is 2.17.